The summed E-state index contributed by atoms with van der Waals surface area (Å²) in [4.78, 5) is 0. The minimum atomic E-state index is 0.0324. The molecule has 0 amide bonds. The third-order valence-corrected chi connectivity index (χ3v) is 7.68. The van der Waals surface area contributed by atoms with Gasteiger partial charge in [0, 0.05) is 5.92 Å². The van der Waals surface area contributed by atoms with Gasteiger partial charge in [0.1, 0.15) is 0 Å². The number of ether oxygens (including phenoxy) is 1. The maximum Gasteiger partial charge on any atom is 0.0665 e. The molecular weight excluding hydrogens is 484 g/mol. The van der Waals surface area contributed by atoms with Crippen molar-refractivity contribution in [2.75, 3.05) is 0 Å². The van der Waals surface area contributed by atoms with Crippen LogP contribution in [0, 0.1) is 11.8 Å². The first kappa shape index (κ1) is 33.3. The number of fused-ring (bicyclic) bond motifs is 2. The van der Waals surface area contributed by atoms with Crippen molar-refractivity contribution < 1.29 is 4.74 Å². The minimum absolute atomic E-state index is 0.0324. The molecule has 0 spiro atoms. The van der Waals surface area contributed by atoms with Gasteiger partial charge in [0.2, 0.25) is 0 Å². The van der Waals surface area contributed by atoms with Crippen LogP contribution < -0.4 is 0 Å². The Balaban J connectivity index is 1.77. The maximum absolute atomic E-state index is 6.21. The van der Waals surface area contributed by atoms with Gasteiger partial charge < -0.3 is 4.74 Å². The van der Waals surface area contributed by atoms with Crippen molar-refractivity contribution in [3.05, 3.63) is 131 Å². The molecule has 0 aromatic carbocycles. The van der Waals surface area contributed by atoms with Crippen molar-refractivity contribution in [3.63, 3.8) is 0 Å². The largest absolute Gasteiger partial charge is 0.371 e. The van der Waals surface area contributed by atoms with Crippen LogP contribution in [-0.4, -0.2) is 11.7 Å². The van der Waals surface area contributed by atoms with E-state index in [1.54, 1.807) is 0 Å². The normalized spacial score (nSPS) is 24.7. The third-order valence-electron chi connectivity index (χ3n) is 7.68. The molecular formula is C39H54O. The molecule has 3 atom stereocenters. The Hall–Kier alpha value is -2.90. The lowest BCUT2D eigenvalue weighted by Gasteiger charge is -2.29. The van der Waals surface area contributed by atoms with Gasteiger partial charge in [-0.1, -0.05) is 131 Å². The molecule has 40 heavy (non-hydrogen) atoms. The molecule has 2 bridgehead atoms. The lowest BCUT2D eigenvalue weighted by atomic mass is 9.84. The van der Waals surface area contributed by atoms with Gasteiger partial charge >= 0.3 is 0 Å². The molecule has 1 saturated heterocycles. The molecule has 1 heteroatoms. The average Bonchev–Trinajstić information content (AvgIpc) is 3.38. The Bertz CT molecular complexity index is 1160. The minimum Gasteiger partial charge on any atom is -0.371 e. The van der Waals surface area contributed by atoms with Crippen LogP contribution in [0.1, 0.15) is 88.0 Å². The molecule has 2 aliphatic rings. The highest BCUT2D eigenvalue weighted by Gasteiger charge is 2.52. The second-order valence-corrected chi connectivity index (χ2v) is 12.3. The SMILES string of the molecule is CC(C)=CCC/C(C)=C/C=C/C(C)=C/C=C/C(C)=C/C=C/C=C(C)/C=C/C=C(C)/C=C/C1C2CCC1C(C)(C)O2. The van der Waals surface area contributed by atoms with E-state index in [0.717, 1.165) is 12.8 Å². The summed E-state index contributed by atoms with van der Waals surface area (Å²) in [6.07, 6.45) is 40.0. The van der Waals surface area contributed by atoms with E-state index in [0.29, 0.717) is 17.9 Å². The van der Waals surface area contributed by atoms with E-state index >= 15 is 0 Å². The molecule has 0 radical (unpaired) electrons. The number of hydrogen-bond acceptors (Lipinski definition) is 1. The van der Waals surface area contributed by atoms with Crippen molar-refractivity contribution >= 4 is 0 Å². The fourth-order valence-electron chi connectivity index (χ4n) is 5.31. The van der Waals surface area contributed by atoms with Gasteiger partial charge in [-0.15, -0.1) is 0 Å². The quantitative estimate of drug-likeness (QED) is 0.167. The number of allylic oxidation sites excluding steroid dienone is 21. The molecule has 1 nitrogen and oxygen atoms in total. The first-order valence-electron chi connectivity index (χ1n) is 15.0. The zero-order valence-corrected chi connectivity index (χ0v) is 26.7. The fraction of sp³-hybridized carbons (Fsp3) is 0.436. The Morgan fingerprint density at radius 2 is 1.15 bits per heavy atom. The van der Waals surface area contributed by atoms with Gasteiger partial charge in [0.15, 0.2) is 0 Å². The lowest BCUT2D eigenvalue weighted by Crippen LogP contribution is -2.31. The van der Waals surface area contributed by atoms with Crippen LogP contribution >= 0.6 is 0 Å². The second-order valence-electron chi connectivity index (χ2n) is 12.3. The summed E-state index contributed by atoms with van der Waals surface area (Å²) >= 11 is 0. The van der Waals surface area contributed by atoms with E-state index in [1.807, 2.05) is 0 Å². The maximum atomic E-state index is 6.21. The molecule has 1 saturated carbocycles. The van der Waals surface area contributed by atoms with E-state index in [-0.39, 0.29) is 5.60 Å². The standard InChI is InChI=1S/C39H54O/c1-30(2)16-12-19-33(5)22-14-24-34(6)23-13-20-31(3)17-10-11-18-32(4)21-15-25-35(7)26-27-36-37-28-29-38(36)40-39(37,8)9/h10-11,13-18,20-27,36-38H,12,19,28-29H2,1-9H3/b11-10+,20-13+,21-15+,24-14+,27-26+,31-17+,32-18+,33-22+,34-23+,35-25+. The van der Waals surface area contributed by atoms with Crippen LogP contribution in [0.15, 0.2) is 131 Å². The Morgan fingerprint density at radius 1 is 0.650 bits per heavy atom. The topological polar surface area (TPSA) is 9.23 Å². The smallest absolute Gasteiger partial charge is 0.0665 e. The van der Waals surface area contributed by atoms with E-state index in [1.165, 1.54) is 46.3 Å². The molecule has 2 rings (SSSR count). The average molecular weight is 539 g/mol. The summed E-state index contributed by atoms with van der Waals surface area (Å²) in [6, 6.07) is 0. The van der Waals surface area contributed by atoms with Gasteiger partial charge in [0.25, 0.3) is 0 Å². The first-order valence-corrected chi connectivity index (χ1v) is 15.0. The van der Waals surface area contributed by atoms with Crippen molar-refractivity contribution in [2.24, 2.45) is 11.8 Å². The van der Waals surface area contributed by atoms with Crippen LogP contribution in [0.25, 0.3) is 0 Å². The Morgan fingerprint density at radius 3 is 1.62 bits per heavy atom. The molecule has 2 fully saturated rings. The van der Waals surface area contributed by atoms with Crippen molar-refractivity contribution in [3.8, 4) is 0 Å². The molecule has 1 heterocycles. The molecule has 0 aromatic rings. The van der Waals surface area contributed by atoms with Crippen molar-refractivity contribution in [1.82, 2.24) is 0 Å². The molecule has 3 unspecified atom stereocenters. The second kappa shape index (κ2) is 17.0. The summed E-state index contributed by atoms with van der Waals surface area (Å²) in [5, 5.41) is 0. The number of rotatable bonds is 13. The zero-order chi connectivity index (χ0) is 29.5. The van der Waals surface area contributed by atoms with Crippen LogP contribution in [0.5, 0.6) is 0 Å². The predicted molar refractivity (Wildman–Crippen MR) is 178 cm³/mol. The summed E-state index contributed by atoms with van der Waals surface area (Å²) in [5.74, 6) is 1.22. The van der Waals surface area contributed by atoms with Gasteiger partial charge in [-0.2, -0.15) is 0 Å². The van der Waals surface area contributed by atoms with Crippen LogP contribution in [-0.2, 0) is 4.74 Å². The van der Waals surface area contributed by atoms with Gasteiger partial charge in [0.05, 0.1) is 11.7 Å². The van der Waals surface area contributed by atoms with E-state index in [9.17, 15) is 0 Å². The fourth-order valence-corrected chi connectivity index (χ4v) is 5.31. The summed E-state index contributed by atoms with van der Waals surface area (Å²) in [5.41, 5.74) is 7.78. The van der Waals surface area contributed by atoms with Crippen molar-refractivity contribution in [2.45, 2.75) is 99.7 Å². The summed E-state index contributed by atoms with van der Waals surface area (Å²) in [7, 11) is 0. The van der Waals surface area contributed by atoms with E-state index in [2.05, 4.69) is 160 Å². The zero-order valence-electron chi connectivity index (χ0n) is 26.7. The molecule has 0 N–H and O–H groups in total. The molecule has 1 aliphatic heterocycles. The third kappa shape index (κ3) is 12.5. The van der Waals surface area contributed by atoms with Gasteiger partial charge in [-0.3, -0.25) is 0 Å². The summed E-state index contributed by atoms with van der Waals surface area (Å²) in [6.45, 7) is 19.6. The van der Waals surface area contributed by atoms with Crippen LogP contribution in [0.4, 0.5) is 0 Å². The Labute approximate surface area is 246 Å². The first-order chi connectivity index (χ1) is 19.0. The summed E-state index contributed by atoms with van der Waals surface area (Å²) < 4.78 is 6.21. The van der Waals surface area contributed by atoms with E-state index in [4.69, 9.17) is 4.74 Å². The molecule has 0 aromatic heterocycles. The van der Waals surface area contributed by atoms with Crippen LogP contribution in [0.3, 0.4) is 0 Å². The predicted octanol–water partition coefficient (Wildman–Crippen LogP) is 11.4. The Kier molecular flexibility index (Phi) is 14.2. The molecule has 1 aliphatic carbocycles. The monoisotopic (exact) mass is 538 g/mol. The molecule has 216 valence electrons. The number of hydrogen-bond donors (Lipinski definition) is 0. The highest BCUT2D eigenvalue weighted by molar-refractivity contribution is 5.32. The van der Waals surface area contributed by atoms with E-state index < -0.39 is 0 Å². The highest BCUT2D eigenvalue weighted by Crippen LogP contribution is 2.51. The van der Waals surface area contributed by atoms with Gasteiger partial charge in [-0.05, 0) is 93.9 Å². The van der Waals surface area contributed by atoms with Crippen LogP contribution in [0.2, 0.25) is 0 Å². The van der Waals surface area contributed by atoms with Gasteiger partial charge in [-0.25, -0.2) is 0 Å². The highest BCUT2D eigenvalue weighted by atomic mass is 16.5. The van der Waals surface area contributed by atoms with Crippen molar-refractivity contribution in [1.29, 1.82) is 0 Å². The lowest BCUT2D eigenvalue weighted by molar-refractivity contribution is -0.0605.